The molecule has 1 fully saturated rings. The fraction of sp³-hybridized carbons (Fsp3) is 0.273. The van der Waals surface area contributed by atoms with E-state index in [0.717, 1.165) is 23.2 Å². The van der Waals surface area contributed by atoms with Crippen molar-refractivity contribution < 1.29 is 4.74 Å². The molecule has 1 saturated heterocycles. The number of nitrogens with zero attached hydrogens (tertiary/aromatic N) is 3. The molecule has 3 heterocycles. The van der Waals surface area contributed by atoms with E-state index in [1.54, 1.807) is 7.11 Å². The first-order chi connectivity index (χ1) is 13.3. The lowest BCUT2D eigenvalue weighted by Crippen LogP contribution is -2.29. The lowest BCUT2D eigenvalue weighted by atomic mass is 9.91. The first-order valence-corrected chi connectivity index (χ1v) is 10.1. The van der Waals surface area contributed by atoms with Crippen molar-refractivity contribution >= 4 is 27.7 Å². The molecule has 0 amide bonds. The summed E-state index contributed by atoms with van der Waals surface area (Å²) in [5.74, 6) is 0.917. The molecule has 27 heavy (non-hydrogen) atoms. The van der Waals surface area contributed by atoms with Crippen LogP contribution in [0.3, 0.4) is 0 Å². The Morgan fingerprint density at radius 2 is 1.93 bits per heavy atom. The second-order valence-electron chi connectivity index (χ2n) is 7.04. The van der Waals surface area contributed by atoms with Gasteiger partial charge in [-0.1, -0.05) is 55.1 Å². The molecule has 3 aromatic rings. The van der Waals surface area contributed by atoms with E-state index in [1.807, 2.05) is 30.1 Å². The SMILES string of the molecule is COc1ccc2ccccc2c1C1C(c2ccccn2)N=C2SC(C)CN21. The number of aromatic nitrogens is 1. The van der Waals surface area contributed by atoms with Crippen molar-refractivity contribution in [2.75, 3.05) is 13.7 Å². The average molecular weight is 375 g/mol. The summed E-state index contributed by atoms with van der Waals surface area (Å²) in [6.45, 7) is 3.25. The van der Waals surface area contributed by atoms with Crippen molar-refractivity contribution in [3.63, 3.8) is 0 Å². The molecule has 5 rings (SSSR count). The number of aliphatic imine (C=N–C) groups is 1. The lowest BCUT2D eigenvalue weighted by molar-refractivity contribution is 0.310. The predicted molar refractivity (Wildman–Crippen MR) is 111 cm³/mol. The van der Waals surface area contributed by atoms with E-state index in [4.69, 9.17) is 9.73 Å². The van der Waals surface area contributed by atoms with Gasteiger partial charge in [-0.25, -0.2) is 0 Å². The number of pyridine rings is 1. The maximum atomic E-state index is 5.82. The molecule has 3 atom stereocenters. The molecule has 3 unspecified atom stereocenters. The Bertz CT molecular complexity index is 1020. The van der Waals surface area contributed by atoms with Crippen LogP contribution in [0.1, 0.15) is 30.3 Å². The molecule has 2 aliphatic heterocycles. The number of hydrogen-bond acceptors (Lipinski definition) is 5. The van der Waals surface area contributed by atoms with Gasteiger partial charge in [0.25, 0.3) is 0 Å². The summed E-state index contributed by atoms with van der Waals surface area (Å²) in [5, 5.41) is 4.11. The molecule has 2 aromatic carbocycles. The largest absolute Gasteiger partial charge is 0.496 e. The standard InChI is InChI=1S/C22H21N3OS/c1-14-13-25-21(20(24-22(25)27-14)17-9-5-6-12-23-17)19-16-8-4-3-7-15(16)10-11-18(19)26-2/h3-12,14,20-21H,13H2,1-2H3. The third kappa shape index (κ3) is 2.69. The van der Waals surface area contributed by atoms with E-state index in [2.05, 4.69) is 59.3 Å². The first-order valence-electron chi connectivity index (χ1n) is 9.24. The Labute approximate surface area is 163 Å². The van der Waals surface area contributed by atoms with E-state index >= 15 is 0 Å². The van der Waals surface area contributed by atoms with E-state index in [0.29, 0.717) is 5.25 Å². The van der Waals surface area contributed by atoms with Gasteiger partial charge < -0.3 is 9.64 Å². The fourth-order valence-corrected chi connectivity index (χ4v) is 5.28. The summed E-state index contributed by atoms with van der Waals surface area (Å²) >= 11 is 1.86. The zero-order valence-corrected chi connectivity index (χ0v) is 16.2. The molecule has 0 bridgehead atoms. The maximum absolute atomic E-state index is 5.82. The zero-order chi connectivity index (χ0) is 18.4. The number of benzene rings is 2. The van der Waals surface area contributed by atoms with Crippen LogP contribution in [0.4, 0.5) is 0 Å². The summed E-state index contributed by atoms with van der Waals surface area (Å²) in [6.07, 6.45) is 1.85. The molecular formula is C22H21N3OS. The predicted octanol–water partition coefficient (Wildman–Crippen LogP) is 4.83. The first kappa shape index (κ1) is 16.6. The van der Waals surface area contributed by atoms with Crippen LogP contribution >= 0.6 is 11.8 Å². The van der Waals surface area contributed by atoms with Crippen LogP contribution in [0.5, 0.6) is 5.75 Å². The lowest BCUT2D eigenvalue weighted by Gasteiger charge is -2.29. The van der Waals surface area contributed by atoms with E-state index in [-0.39, 0.29) is 12.1 Å². The van der Waals surface area contributed by atoms with Gasteiger partial charge in [-0.05, 0) is 29.0 Å². The summed E-state index contributed by atoms with van der Waals surface area (Å²) in [4.78, 5) is 12.2. The van der Waals surface area contributed by atoms with Gasteiger partial charge in [0.05, 0.1) is 18.8 Å². The van der Waals surface area contributed by atoms with Crippen molar-refractivity contribution in [2.24, 2.45) is 4.99 Å². The van der Waals surface area contributed by atoms with Gasteiger partial charge in [-0.2, -0.15) is 0 Å². The highest BCUT2D eigenvalue weighted by Gasteiger charge is 2.45. The smallest absolute Gasteiger partial charge is 0.160 e. The Hall–Kier alpha value is -2.53. The van der Waals surface area contributed by atoms with Crippen LogP contribution in [0.2, 0.25) is 0 Å². The van der Waals surface area contributed by atoms with E-state index in [9.17, 15) is 0 Å². The number of methoxy groups -OCH3 is 1. The van der Waals surface area contributed by atoms with Gasteiger partial charge in [-0.15, -0.1) is 0 Å². The van der Waals surface area contributed by atoms with Crippen LogP contribution in [0, 0.1) is 0 Å². The number of hydrogen-bond donors (Lipinski definition) is 0. The second-order valence-corrected chi connectivity index (χ2v) is 8.45. The third-order valence-corrected chi connectivity index (χ3v) is 6.43. The summed E-state index contributed by atoms with van der Waals surface area (Å²) in [7, 11) is 1.75. The number of fused-ring (bicyclic) bond motifs is 2. The minimum atomic E-state index is -0.0269. The molecule has 0 spiro atoms. The zero-order valence-electron chi connectivity index (χ0n) is 15.4. The van der Waals surface area contributed by atoms with Gasteiger partial charge in [0.2, 0.25) is 0 Å². The van der Waals surface area contributed by atoms with Gasteiger partial charge in [-0.3, -0.25) is 9.98 Å². The molecule has 136 valence electrons. The van der Waals surface area contributed by atoms with Crippen LogP contribution in [0.25, 0.3) is 10.8 Å². The normalized spacial score (nSPS) is 24.1. The molecular weight excluding hydrogens is 354 g/mol. The van der Waals surface area contributed by atoms with Gasteiger partial charge >= 0.3 is 0 Å². The molecule has 2 aliphatic rings. The van der Waals surface area contributed by atoms with Crippen molar-refractivity contribution in [3.8, 4) is 5.75 Å². The molecule has 0 N–H and O–H groups in total. The van der Waals surface area contributed by atoms with Gasteiger partial charge in [0, 0.05) is 23.6 Å². The summed E-state index contributed by atoms with van der Waals surface area (Å²) in [5.41, 5.74) is 2.22. The highest BCUT2D eigenvalue weighted by Crippen LogP contribution is 2.51. The Balaban J connectivity index is 1.73. The van der Waals surface area contributed by atoms with Gasteiger partial charge in [0.1, 0.15) is 11.8 Å². The molecule has 0 radical (unpaired) electrons. The third-order valence-electron chi connectivity index (χ3n) is 5.33. The minimum Gasteiger partial charge on any atom is -0.496 e. The Kier molecular flexibility index (Phi) is 4.05. The quantitative estimate of drug-likeness (QED) is 0.657. The second kappa shape index (κ2) is 6.57. The molecule has 5 heteroatoms. The number of ether oxygens (including phenoxy) is 1. The molecule has 0 aliphatic carbocycles. The highest BCUT2D eigenvalue weighted by molar-refractivity contribution is 8.14. The van der Waals surface area contributed by atoms with Crippen molar-refractivity contribution in [2.45, 2.75) is 24.3 Å². The van der Waals surface area contributed by atoms with Crippen molar-refractivity contribution in [1.29, 1.82) is 0 Å². The minimum absolute atomic E-state index is 0.0269. The monoisotopic (exact) mass is 375 g/mol. The average Bonchev–Trinajstić information content (AvgIpc) is 3.23. The number of amidine groups is 1. The number of rotatable bonds is 3. The van der Waals surface area contributed by atoms with Crippen LogP contribution < -0.4 is 4.74 Å². The fourth-order valence-electron chi connectivity index (χ4n) is 4.19. The Morgan fingerprint density at radius 1 is 1.07 bits per heavy atom. The van der Waals surface area contributed by atoms with Crippen molar-refractivity contribution in [3.05, 3.63) is 72.1 Å². The summed E-state index contributed by atoms with van der Waals surface area (Å²) < 4.78 is 5.82. The molecule has 1 aromatic heterocycles. The van der Waals surface area contributed by atoms with Crippen LogP contribution in [0.15, 0.2) is 65.8 Å². The molecule has 0 saturated carbocycles. The van der Waals surface area contributed by atoms with Crippen LogP contribution in [-0.2, 0) is 0 Å². The van der Waals surface area contributed by atoms with Gasteiger partial charge in [0.15, 0.2) is 5.17 Å². The highest BCUT2D eigenvalue weighted by atomic mass is 32.2. The number of thioether (sulfide) groups is 1. The van der Waals surface area contributed by atoms with Crippen LogP contribution in [-0.4, -0.2) is 34.0 Å². The maximum Gasteiger partial charge on any atom is 0.160 e. The topological polar surface area (TPSA) is 37.7 Å². The van der Waals surface area contributed by atoms with E-state index in [1.165, 1.54) is 16.3 Å². The Morgan fingerprint density at radius 3 is 2.74 bits per heavy atom. The van der Waals surface area contributed by atoms with E-state index < -0.39 is 0 Å². The molecule has 4 nitrogen and oxygen atoms in total. The summed E-state index contributed by atoms with van der Waals surface area (Å²) in [6, 6.07) is 18.9. The van der Waals surface area contributed by atoms with Crippen molar-refractivity contribution in [1.82, 2.24) is 9.88 Å².